The van der Waals surface area contributed by atoms with Crippen molar-refractivity contribution in [1.29, 1.82) is 0 Å². The number of ether oxygens (including phenoxy) is 2. The number of benzene rings is 2. The van der Waals surface area contributed by atoms with Crippen LogP contribution in [0.25, 0.3) is 0 Å². The minimum absolute atomic E-state index is 0.00944. The van der Waals surface area contributed by atoms with Gasteiger partial charge in [-0.1, -0.05) is 18.2 Å². The third-order valence-electron chi connectivity index (χ3n) is 5.48. The molecule has 1 heterocycles. The number of carbonyl (C=O) groups excluding carboxylic acids is 1. The average molecular weight is 369 g/mol. The lowest BCUT2D eigenvalue weighted by Crippen LogP contribution is -3.14. The second-order valence-corrected chi connectivity index (χ2v) is 7.02. The summed E-state index contributed by atoms with van der Waals surface area (Å²) in [5.41, 5.74) is 3.19. The Hall–Kier alpha value is -2.53. The third-order valence-corrected chi connectivity index (χ3v) is 5.48. The molecule has 1 unspecified atom stereocenters. The normalized spacial score (nSPS) is 19.7. The molecule has 1 amide bonds. The van der Waals surface area contributed by atoms with Gasteiger partial charge in [0.05, 0.1) is 33.4 Å². The topological polar surface area (TPSA) is 52.0 Å². The fourth-order valence-corrected chi connectivity index (χ4v) is 4.10. The molecule has 0 aliphatic carbocycles. The van der Waals surface area contributed by atoms with Crippen LogP contribution in [0, 0.1) is 0 Å². The number of likely N-dealkylation sites (N-methyl/N-ethyl adjacent to an activating group) is 1. The number of rotatable bonds is 6. The van der Waals surface area contributed by atoms with E-state index in [1.54, 1.807) is 14.2 Å². The van der Waals surface area contributed by atoms with E-state index < -0.39 is 0 Å². The zero-order valence-corrected chi connectivity index (χ0v) is 16.5. The second-order valence-electron chi connectivity index (χ2n) is 7.02. The number of nitrogens with one attached hydrogen (secondary N) is 2. The van der Waals surface area contributed by atoms with Gasteiger partial charge in [0.25, 0.3) is 5.91 Å². The maximum absolute atomic E-state index is 12.7. The van der Waals surface area contributed by atoms with Gasteiger partial charge in [-0.05, 0) is 43.7 Å². The summed E-state index contributed by atoms with van der Waals surface area (Å²) >= 11 is 0. The Bertz CT molecular complexity index is 792. The highest BCUT2D eigenvalue weighted by molar-refractivity contribution is 5.94. The third kappa shape index (κ3) is 3.93. The van der Waals surface area contributed by atoms with Gasteiger partial charge in [0, 0.05) is 17.5 Å². The highest BCUT2D eigenvalue weighted by Gasteiger charge is 2.36. The minimum atomic E-state index is -0.0360. The van der Waals surface area contributed by atoms with E-state index in [0.29, 0.717) is 5.56 Å². The number of fused-ring (bicyclic) bond motifs is 1. The molecule has 1 aliphatic rings. The van der Waals surface area contributed by atoms with E-state index in [1.165, 1.54) is 16.0 Å². The van der Waals surface area contributed by atoms with Crippen LogP contribution in [0.5, 0.6) is 11.5 Å². The first kappa shape index (κ1) is 19.2. The monoisotopic (exact) mass is 369 g/mol. The van der Waals surface area contributed by atoms with Crippen LogP contribution in [0.4, 0.5) is 0 Å². The number of hydrogen-bond acceptors (Lipinski definition) is 3. The molecule has 0 aromatic heterocycles. The van der Waals surface area contributed by atoms with Crippen molar-refractivity contribution >= 4 is 5.91 Å². The minimum Gasteiger partial charge on any atom is -0.493 e. The summed E-state index contributed by atoms with van der Waals surface area (Å²) in [6.45, 7) is 6.33. The summed E-state index contributed by atoms with van der Waals surface area (Å²) in [5, 5.41) is 3.21. The van der Waals surface area contributed by atoms with Crippen LogP contribution in [0.15, 0.2) is 42.5 Å². The predicted octanol–water partition coefficient (Wildman–Crippen LogP) is 2.02. The van der Waals surface area contributed by atoms with Gasteiger partial charge in [-0.2, -0.15) is 0 Å². The van der Waals surface area contributed by atoms with Gasteiger partial charge in [-0.25, -0.2) is 0 Å². The molecule has 5 nitrogen and oxygen atoms in total. The van der Waals surface area contributed by atoms with Crippen molar-refractivity contribution in [3.63, 3.8) is 0 Å². The second kappa shape index (κ2) is 8.44. The molecule has 144 valence electrons. The molecule has 0 bridgehead atoms. The number of methoxy groups -OCH3 is 2. The van der Waals surface area contributed by atoms with Crippen molar-refractivity contribution in [3.8, 4) is 11.5 Å². The Morgan fingerprint density at radius 2 is 1.85 bits per heavy atom. The van der Waals surface area contributed by atoms with Crippen LogP contribution in [-0.4, -0.2) is 39.3 Å². The van der Waals surface area contributed by atoms with Crippen molar-refractivity contribution in [3.05, 3.63) is 59.2 Å². The van der Waals surface area contributed by atoms with E-state index in [9.17, 15) is 4.79 Å². The standard InChI is InChI=1S/C22H28N2O3/c1-5-24-12-11-17-13-19(26-3)20(27-4)14-18(17)21(24)15(2)23-22(25)16-9-7-6-8-10-16/h6-10,13-15,21H,5,11-12H2,1-4H3,(H,23,25)/p+1/t15-,21-/m1/s1. The van der Waals surface area contributed by atoms with Crippen molar-refractivity contribution < 1.29 is 19.2 Å². The largest absolute Gasteiger partial charge is 0.493 e. The van der Waals surface area contributed by atoms with E-state index in [4.69, 9.17) is 9.47 Å². The fraction of sp³-hybridized carbons (Fsp3) is 0.409. The Balaban J connectivity index is 1.92. The van der Waals surface area contributed by atoms with Crippen LogP contribution < -0.4 is 19.7 Å². The van der Waals surface area contributed by atoms with Gasteiger partial charge in [0.1, 0.15) is 6.04 Å². The zero-order valence-electron chi connectivity index (χ0n) is 16.5. The molecule has 0 saturated heterocycles. The first-order chi connectivity index (χ1) is 13.1. The van der Waals surface area contributed by atoms with Gasteiger partial charge in [0.15, 0.2) is 11.5 Å². The van der Waals surface area contributed by atoms with Crippen molar-refractivity contribution in [2.24, 2.45) is 0 Å². The molecule has 2 N–H and O–H groups in total. The Labute approximate surface area is 161 Å². The van der Waals surface area contributed by atoms with E-state index in [2.05, 4.69) is 31.3 Å². The fourth-order valence-electron chi connectivity index (χ4n) is 4.10. The molecule has 3 rings (SSSR count). The average Bonchev–Trinajstić information content (AvgIpc) is 2.72. The molecule has 3 atom stereocenters. The molecule has 0 spiro atoms. The van der Waals surface area contributed by atoms with Crippen LogP contribution in [0.2, 0.25) is 0 Å². The lowest BCUT2D eigenvalue weighted by Gasteiger charge is -2.37. The summed E-state index contributed by atoms with van der Waals surface area (Å²) < 4.78 is 11.0. The smallest absolute Gasteiger partial charge is 0.251 e. The Morgan fingerprint density at radius 3 is 2.48 bits per heavy atom. The summed E-state index contributed by atoms with van der Waals surface area (Å²) in [5.74, 6) is 1.46. The number of carbonyl (C=O) groups is 1. The van der Waals surface area contributed by atoms with Gasteiger partial charge in [0.2, 0.25) is 0 Å². The quantitative estimate of drug-likeness (QED) is 0.819. The first-order valence-corrected chi connectivity index (χ1v) is 9.54. The molecule has 1 aliphatic heterocycles. The number of quaternary nitrogens is 1. The predicted molar refractivity (Wildman–Crippen MR) is 106 cm³/mol. The molecular formula is C22H29N2O3+. The van der Waals surface area contributed by atoms with E-state index in [-0.39, 0.29) is 18.0 Å². The van der Waals surface area contributed by atoms with Gasteiger partial charge >= 0.3 is 0 Å². The summed E-state index contributed by atoms with van der Waals surface area (Å²) in [6.07, 6.45) is 0.995. The van der Waals surface area contributed by atoms with Crippen molar-refractivity contribution in [1.82, 2.24) is 5.32 Å². The molecule has 0 fully saturated rings. The molecule has 2 aromatic carbocycles. The van der Waals surface area contributed by atoms with Crippen LogP contribution in [-0.2, 0) is 6.42 Å². The van der Waals surface area contributed by atoms with Crippen LogP contribution in [0.1, 0.15) is 41.4 Å². The lowest BCUT2D eigenvalue weighted by atomic mass is 9.88. The van der Waals surface area contributed by atoms with Crippen LogP contribution >= 0.6 is 0 Å². The van der Waals surface area contributed by atoms with E-state index >= 15 is 0 Å². The Morgan fingerprint density at radius 1 is 1.19 bits per heavy atom. The zero-order chi connectivity index (χ0) is 19.4. The van der Waals surface area contributed by atoms with Crippen LogP contribution in [0.3, 0.4) is 0 Å². The molecular weight excluding hydrogens is 340 g/mol. The van der Waals surface area contributed by atoms with Crippen molar-refractivity contribution in [2.75, 3.05) is 27.3 Å². The summed E-state index contributed by atoms with van der Waals surface area (Å²) in [4.78, 5) is 14.1. The molecule has 27 heavy (non-hydrogen) atoms. The first-order valence-electron chi connectivity index (χ1n) is 9.54. The van der Waals surface area contributed by atoms with Gasteiger partial charge < -0.3 is 19.7 Å². The maximum Gasteiger partial charge on any atom is 0.251 e. The molecule has 0 saturated carbocycles. The highest BCUT2D eigenvalue weighted by Crippen LogP contribution is 2.35. The number of hydrogen-bond donors (Lipinski definition) is 2. The van der Waals surface area contributed by atoms with Gasteiger partial charge in [-0.3, -0.25) is 4.79 Å². The molecule has 0 radical (unpaired) electrons. The molecule has 2 aromatic rings. The molecule has 5 heteroatoms. The SMILES string of the molecule is CC[NH+]1CCc2cc(OC)c(OC)cc2[C@H]1[C@@H](C)NC(=O)c1ccccc1. The van der Waals surface area contributed by atoms with E-state index in [0.717, 1.165) is 31.0 Å². The Kier molecular flexibility index (Phi) is 6.01. The van der Waals surface area contributed by atoms with Crippen molar-refractivity contribution in [2.45, 2.75) is 32.4 Å². The lowest BCUT2D eigenvalue weighted by molar-refractivity contribution is -0.933. The highest BCUT2D eigenvalue weighted by atomic mass is 16.5. The summed E-state index contributed by atoms with van der Waals surface area (Å²) in [7, 11) is 3.32. The van der Waals surface area contributed by atoms with E-state index in [1.807, 2.05) is 30.3 Å². The van der Waals surface area contributed by atoms with Gasteiger partial charge in [-0.15, -0.1) is 0 Å². The maximum atomic E-state index is 12.7. The number of amides is 1. The summed E-state index contributed by atoms with van der Waals surface area (Å²) in [6, 6.07) is 13.7.